The molecule has 28 heavy (non-hydrogen) atoms. The van der Waals surface area contributed by atoms with E-state index in [-0.39, 0.29) is 12.0 Å². The Bertz CT molecular complexity index is 783. The molecule has 5 nitrogen and oxygen atoms in total. The van der Waals surface area contributed by atoms with E-state index < -0.39 is 34.5 Å². The molecule has 1 aromatic heterocycles. The lowest BCUT2D eigenvalue weighted by Gasteiger charge is -2.35. The van der Waals surface area contributed by atoms with Crippen molar-refractivity contribution in [3.8, 4) is 0 Å². The summed E-state index contributed by atoms with van der Waals surface area (Å²) in [4.78, 5) is 12.9. The average Bonchev–Trinajstić information content (AvgIpc) is 3.10. The molecule has 0 aliphatic heterocycles. The number of hydrogen-bond donors (Lipinski definition) is 2. The van der Waals surface area contributed by atoms with Crippen molar-refractivity contribution < 1.29 is 23.1 Å². The molecule has 4 rings (SSSR count). The summed E-state index contributed by atoms with van der Waals surface area (Å²) in [5.74, 6) is 0.317. The van der Waals surface area contributed by atoms with Crippen molar-refractivity contribution in [3.63, 3.8) is 0 Å². The molecular formula is C20H28F3N3O2. The Kier molecular flexibility index (Phi) is 4.38. The number of aromatic nitrogens is 2. The van der Waals surface area contributed by atoms with Crippen LogP contribution in [0.3, 0.4) is 0 Å². The molecule has 5 atom stereocenters. The van der Waals surface area contributed by atoms with Crippen LogP contribution in [-0.4, -0.2) is 32.4 Å². The minimum atomic E-state index is -4.67. The third-order valence-electron chi connectivity index (χ3n) is 6.83. The third kappa shape index (κ3) is 3.33. The molecule has 3 aliphatic carbocycles. The Hall–Kier alpha value is -1.57. The normalized spacial score (nSPS) is 35.1. The van der Waals surface area contributed by atoms with Gasteiger partial charge in [-0.3, -0.25) is 9.48 Å². The van der Waals surface area contributed by atoms with Crippen molar-refractivity contribution in [2.45, 2.75) is 82.7 Å². The van der Waals surface area contributed by atoms with E-state index in [9.17, 15) is 23.1 Å². The van der Waals surface area contributed by atoms with E-state index in [1.807, 2.05) is 0 Å². The van der Waals surface area contributed by atoms with Gasteiger partial charge in [-0.1, -0.05) is 0 Å². The highest BCUT2D eigenvalue weighted by Crippen LogP contribution is 2.55. The van der Waals surface area contributed by atoms with Crippen LogP contribution in [0, 0.1) is 17.8 Å². The molecule has 1 heterocycles. The molecule has 3 bridgehead atoms. The van der Waals surface area contributed by atoms with E-state index in [2.05, 4.69) is 10.4 Å². The van der Waals surface area contributed by atoms with Crippen molar-refractivity contribution in [2.75, 3.05) is 0 Å². The molecule has 3 saturated carbocycles. The molecule has 0 aromatic carbocycles. The number of amides is 1. The van der Waals surface area contributed by atoms with Crippen molar-refractivity contribution in [1.29, 1.82) is 0 Å². The second-order valence-corrected chi connectivity index (χ2v) is 10.00. The predicted molar refractivity (Wildman–Crippen MR) is 96.6 cm³/mol. The lowest BCUT2D eigenvalue weighted by Crippen LogP contribution is -2.42. The standard InChI is InChI=1S/C20H28F3N3O2/c1-18(2,3)26-16(20(21,22)23)14(10-24-26)17(27)25-15-4-5-19(28)8-11-6-12(9-19)13(15)7-11/h10-13,15,28H,4-9H2,1-3H3,(H,25,27)/t11?,12?,13?,15-,19-/m0/s1. The number of hydrogen-bond acceptors (Lipinski definition) is 3. The minimum Gasteiger partial charge on any atom is -0.390 e. The van der Waals surface area contributed by atoms with Crippen molar-refractivity contribution in [1.82, 2.24) is 15.1 Å². The molecule has 2 N–H and O–H groups in total. The van der Waals surface area contributed by atoms with Gasteiger partial charge in [0.25, 0.3) is 5.91 Å². The first-order valence-electron chi connectivity index (χ1n) is 10.1. The summed E-state index contributed by atoms with van der Waals surface area (Å²) in [6.07, 6.45) is 1.09. The summed E-state index contributed by atoms with van der Waals surface area (Å²) in [7, 11) is 0. The van der Waals surface area contributed by atoms with Gasteiger partial charge < -0.3 is 10.4 Å². The Morgan fingerprint density at radius 3 is 2.64 bits per heavy atom. The predicted octanol–water partition coefficient (Wildman–Crippen LogP) is 3.72. The maximum atomic E-state index is 13.7. The fourth-order valence-electron chi connectivity index (χ4n) is 5.84. The van der Waals surface area contributed by atoms with Gasteiger partial charge in [0.15, 0.2) is 5.69 Å². The Labute approximate surface area is 162 Å². The maximum absolute atomic E-state index is 13.7. The SMILES string of the molecule is CC(C)(C)n1ncc(C(=O)N[C@H]2CC[C@]3(O)CC4CC(C3)C2C4)c1C(F)(F)F. The van der Waals surface area contributed by atoms with Crippen LogP contribution in [0.2, 0.25) is 0 Å². The summed E-state index contributed by atoms with van der Waals surface area (Å²) in [6, 6.07) is -0.198. The van der Waals surface area contributed by atoms with Crippen LogP contribution in [0.5, 0.6) is 0 Å². The molecule has 156 valence electrons. The van der Waals surface area contributed by atoms with Crippen LogP contribution in [0.4, 0.5) is 13.2 Å². The van der Waals surface area contributed by atoms with Crippen LogP contribution in [0.25, 0.3) is 0 Å². The molecule has 3 aliphatic rings. The minimum absolute atomic E-state index is 0.198. The van der Waals surface area contributed by atoms with Crippen molar-refractivity contribution in [2.24, 2.45) is 17.8 Å². The monoisotopic (exact) mass is 399 g/mol. The number of carbonyl (C=O) groups excluding carboxylic acids is 1. The average molecular weight is 399 g/mol. The second kappa shape index (κ2) is 6.21. The molecule has 0 spiro atoms. The summed E-state index contributed by atoms with van der Waals surface area (Å²) < 4.78 is 42.1. The first-order valence-corrected chi connectivity index (χ1v) is 10.1. The van der Waals surface area contributed by atoms with Gasteiger partial charge in [0.05, 0.1) is 22.9 Å². The van der Waals surface area contributed by atoms with Crippen molar-refractivity contribution >= 4 is 5.91 Å². The summed E-state index contributed by atoms with van der Waals surface area (Å²) in [5, 5.41) is 17.6. The molecule has 3 fully saturated rings. The van der Waals surface area contributed by atoms with E-state index in [0.29, 0.717) is 24.7 Å². The van der Waals surface area contributed by atoms with Crippen molar-refractivity contribution in [3.05, 3.63) is 17.5 Å². The lowest BCUT2D eigenvalue weighted by atomic mass is 9.76. The van der Waals surface area contributed by atoms with Crippen LogP contribution in [0.1, 0.15) is 75.3 Å². The van der Waals surface area contributed by atoms with Gasteiger partial charge in [0.1, 0.15) is 0 Å². The van der Waals surface area contributed by atoms with Crippen LogP contribution in [0.15, 0.2) is 6.20 Å². The number of aliphatic hydroxyl groups is 1. The molecule has 0 radical (unpaired) electrons. The topological polar surface area (TPSA) is 67.2 Å². The third-order valence-corrected chi connectivity index (χ3v) is 6.83. The smallest absolute Gasteiger partial charge is 0.390 e. The largest absolute Gasteiger partial charge is 0.433 e. The zero-order chi connectivity index (χ0) is 20.5. The maximum Gasteiger partial charge on any atom is 0.433 e. The van der Waals surface area contributed by atoms with Gasteiger partial charge >= 0.3 is 6.18 Å². The Balaban J connectivity index is 1.60. The fraction of sp³-hybridized carbons (Fsp3) is 0.800. The van der Waals surface area contributed by atoms with Crippen LogP contribution < -0.4 is 5.32 Å². The summed E-state index contributed by atoms with van der Waals surface area (Å²) in [5.41, 5.74) is -3.00. The Morgan fingerprint density at radius 2 is 2.00 bits per heavy atom. The number of halogens is 3. The number of alkyl halides is 3. The highest BCUT2D eigenvalue weighted by molar-refractivity contribution is 5.95. The van der Waals surface area contributed by atoms with Gasteiger partial charge in [0.2, 0.25) is 0 Å². The van der Waals surface area contributed by atoms with Gasteiger partial charge in [-0.05, 0) is 77.0 Å². The molecular weight excluding hydrogens is 371 g/mol. The van der Waals surface area contributed by atoms with E-state index in [1.165, 1.54) is 0 Å². The zero-order valence-corrected chi connectivity index (χ0v) is 16.5. The highest BCUT2D eigenvalue weighted by Gasteiger charge is 2.52. The first-order chi connectivity index (χ1) is 12.9. The van der Waals surface area contributed by atoms with E-state index in [1.54, 1.807) is 20.8 Å². The number of fused-ring (bicyclic) bond motifs is 2. The second-order valence-electron chi connectivity index (χ2n) is 10.00. The van der Waals surface area contributed by atoms with Crippen LogP contribution >= 0.6 is 0 Å². The fourth-order valence-corrected chi connectivity index (χ4v) is 5.84. The van der Waals surface area contributed by atoms with Gasteiger partial charge in [-0.25, -0.2) is 0 Å². The number of nitrogens with zero attached hydrogens (tertiary/aromatic N) is 2. The van der Waals surface area contributed by atoms with E-state index in [4.69, 9.17) is 0 Å². The first kappa shape index (κ1) is 19.7. The molecule has 3 unspecified atom stereocenters. The zero-order valence-electron chi connectivity index (χ0n) is 16.5. The summed E-state index contributed by atoms with van der Waals surface area (Å²) in [6.45, 7) is 4.87. The quantitative estimate of drug-likeness (QED) is 0.797. The van der Waals surface area contributed by atoms with E-state index >= 15 is 0 Å². The molecule has 0 saturated heterocycles. The summed E-state index contributed by atoms with van der Waals surface area (Å²) >= 11 is 0. The molecule has 1 amide bonds. The highest BCUT2D eigenvalue weighted by atomic mass is 19.4. The number of rotatable bonds is 2. The van der Waals surface area contributed by atoms with Gasteiger partial charge in [-0.2, -0.15) is 18.3 Å². The van der Waals surface area contributed by atoms with Crippen LogP contribution in [-0.2, 0) is 11.7 Å². The number of nitrogens with one attached hydrogen (secondary N) is 1. The molecule has 1 aromatic rings. The number of carbonyl (C=O) groups is 1. The molecule has 8 heteroatoms. The Morgan fingerprint density at radius 1 is 1.29 bits per heavy atom. The van der Waals surface area contributed by atoms with Gasteiger partial charge in [-0.15, -0.1) is 0 Å². The lowest BCUT2D eigenvalue weighted by molar-refractivity contribution is -0.146. The van der Waals surface area contributed by atoms with E-state index in [0.717, 1.165) is 36.6 Å². The van der Waals surface area contributed by atoms with Gasteiger partial charge in [0, 0.05) is 6.04 Å².